The van der Waals surface area contributed by atoms with Gasteiger partial charge in [-0.2, -0.15) is 0 Å². The highest BCUT2D eigenvalue weighted by atomic mass is 32.1. The normalized spacial score (nSPS) is 11.1. The topological polar surface area (TPSA) is 64.1 Å². The highest BCUT2D eigenvalue weighted by Gasteiger charge is 2.18. The summed E-state index contributed by atoms with van der Waals surface area (Å²) in [6.45, 7) is 6.67. The minimum absolute atomic E-state index is 0.230. The monoisotopic (exact) mass is 369 g/mol. The van der Waals surface area contributed by atoms with Gasteiger partial charge in [-0.3, -0.25) is 10.1 Å². The fraction of sp³-hybridized carbons (Fsp3) is 0.350. The van der Waals surface area contributed by atoms with Gasteiger partial charge in [-0.1, -0.05) is 49.4 Å². The Bertz CT molecular complexity index is 903. The Hall–Kier alpha value is -2.47. The molecule has 1 N–H and O–H groups in total. The maximum Gasteiger partial charge on any atom is 0.261 e. The molecule has 0 atom stereocenters. The molecule has 0 spiro atoms. The molecule has 0 saturated carbocycles. The Balaban J connectivity index is 1.88. The van der Waals surface area contributed by atoms with Crippen LogP contribution in [0.25, 0.3) is 10.8 Å². The van der Waals surface area contributed by atoms with E-state index < -0.39 is 0 Å². The Morgan fingerprint density at radius 2 is 1.81 bits per heavy atom. The molecule has 0 aliphatic heterocycles. The van der Waals surface area contributed by atoms with Crippen LogP contribution >= 0.6 is 11.3 Å². The zero-order chi connectivity index (χ0) is 18.5. The maximum absolute atomic E-state index is 12.8. The molecule has 2 aromatic carbocycles. The molecule has 0 aliphatic rings. The van der Waals surface area contributed by atoms with Crippen molar-refractivity contribution in [3.05, 3.63) is 47.0 Å². The van der Waals surface area contributed by atoms with E-state index in [2.05, 4.69) is 29.4 Å². The van der Waals surface area contributed by atoms with Gasteiger partial charge in [0.2, 0.25) is 5.13 Å². The number of benzene rings is 2. The molecular weight excluding hydrogens is 346 g/mol. The number of anilines is 1. The summed E-state index contributed by atoms with van der Waals surface area (Å²) in [6.07, 6.45) is 2.02. The molecule has 136 valence electrons. The van der Waals surface area contributed by atoms with Crippen LogP contribution in [0.15, 0.2) is 36.4 Å². The van der Waals surface area contributed by atoms with Crippen LogP contribution in [0.3, 0.4) is 0 Å². The Morgan fingerprint density at radius 1 is 1.12 bits per heavy atom. The van der Waals surface area contributed by atoms with Gasteiger partial charge in [-0.05, 0) is 42.7 Å². The second-order valence-corrected chi connectivity index (χ2v) is 7.05. The van der Waals surface area contributed by atoms with E-state index >= 15 is 0 Å². The van der Waals surface area contributed by atoms with Crippen molar-refractivity contribution < 1.29 is 9.53 Å². The van der Waals surface area contributed by atoms with Crippen LogP contribution < -0.4 is 10.1 Å². The molecule has 0 unspecified atom stereocenters. The highest BCUT2D eigenvalue weighted by molar-refractivity contribution is 7.15. The molecular formula is C20H23N3O2S. The predicted octanol–water partition coefficient (Wildman–Crippen LogP) is 5.25. The molecule has 1 aromatic heterocycles. The summed E-state index contributed by atoms with van der Waals surface area (Å²) in [4.78, 5) is 12.8. The molecule has 0 aliphatic carbocycles. The Kier molecular flexibility index (Phi) is 5.83. The van der Waals surface area contributed by atoms with Gasteiger partial charge in [0.05, 0.1) is 12.2 Å². The number of aromatic nitrogens is 2. The van der Waals surface area contributed by atoms with Crippen molar-refractivity contribution in [2.75, 3.05) is 11.9 Å². The lowest BCUT2D eigenvalue weighted by atomic mass is 10.1. The molecule has 0 saturated heterocycles. The van der Waals surface area contributed by atoms with Gasteiger partial charge in [-0.25, -0.2) is 0 Å². The van der Waals surface area contributed by atoms with Crippen LogP contribution in [0, 0.1) is 0 Å². The van der Waals surface area contributed by atoms with Gasteiger partial charge in [0.15, 0.2) is 0 Å². The molecule has 0 bridgehead atoms. The van der Waals surface area contributed by atoms with Gasteiger partial charge in [0, 0.05) is 5.92 Å². The lowest BCUT2D eigenvalue weighted by molar-refractivity contribution is 0.102. The third-order valence-corrected chi connectivity index (χ3v) is 5.39. The minimum Gasteiger partial charge on any atom is -0.493 e. The number of amides is 1. The van der Waals surface area contributed by atoms with Crippen LogP contribution in [0.2, 0.25) is 0 Å². The van der Waals surface area contributed by atoms with E-state index in [4.69, 9.17) is 4.74 Å². The fourth-order valence-corrected chi connectivity index (χ4v) is 3.93. The maximum atomic E-state index is 12.8. The third kappa shape index (κ3) is 3.85. The number of carbonyl (C=O) groups excluding carboxylic acids is 1. The third-order valence-electron chi connectivity index (χ3n) is 4.39. The van der Waals surface area contributed by atoms with Crippen LogP contribution in [-0.4, -0.2) is 22.7 Å². The smallest absolute Gasteiger partial charge is 0.261 e. The number of ether oxygens (including phenoxy) is 1. The Morgan fingerprint density at radius 3 is 2.46 bits per heavy atom. The van der Waals surface area contributed by atoms with E-state index in [-0.39, 0.29) is 5.91 Å². The SMILES string of the molecule is CCOc1cc2ccccc2cc1C(=O)Nc1nnc(C(CC)CC)s1. The van der Waals surface area contributed by atoms with Crippen LogP contribution in [0.4, 0.5) is 5.13 Å². The molecule has 6 heteroatoms. The van der Waals surface area contributed by atoms with Crippen LogP contribution in [-0.2, 0) is 0 Å². The van der Waals surface area contributed by atoms with Crippen LogP contribution in [0.1, 0.15) is 54.9 Å². The summed E-state index contributed by atoms with van der Waals surface area (Å²) >= 11 is 1.44. The van der Waals surface area contributed by atoms with Crippen molar-refractivity contribution in [1.82, 2.24) is 10.2 Å². The second-order valence-electron chi connectivity index (χ2n) is 6.04. The molecule has 26 heavy (non-hydrogen) atoms. The number of nitrogens with zero attached hydrogens (tertiary/aromatic N) is 2. The lowest BCUT2D eigenvalue weighted by Crippen LogP contribution is -2.13. The number of rotatable bonds is 7. The van der Waals surface area contributed by atoms with Crippen LogP contribution in [0.5, 0.6) is 5.75 Å². The molecule has 0 fully saturated rings. The average Bonchev–Trinajstić information content (AvgIpc) is 3.10. The summed E-state index contributed by atoms with van der Waals surface area (Å²) in [6, 6.07) is 11.7. The largest absolute Gasteiger partial charge is 0.493 e. The molecule has 5 nitrogen and oxygen atoms in total. The number of nitrogens with one attached hydrogen (secondary N) is 1. The Labute approximate surface area is 157 Å². The van der Waals surface area contributed by atoms with Gasteiger partial charge >= 0.3 is 0 Å². The van der Waals surface area contributed by atoms with Gasteiger partial charge in [-0.15, -0.1) is 10.2 Å². The van der Waals surface area contributed by atoms with E-state index in [1.54, 1.807) is 0 Å². The quantitative estimate of drug-likeness (QED) is 0.618. The zero-order valence-corrected chi connectivity index (χ0v) is 16.1. The van der Waals surface area contributed by atoms with Crippen molar-refractivity contribution in [3.63, 3.8) is 0 Å². The first-order valence-corrected chi connectivity index (χ1v) is 9.78. The summed E-state index contributed by atoms with van der Waals surface area (Å²) in [7, 11) is 0. The molecule has 0 radical (unpaired) electrons. The summed E-state index contributed by atoms with van der Waals surface area (Å²) in [5.74, 6) is 0.734. The molecule has 3 aromatic rings. The summed E-state index contributed by atoms with van der Waals surface area (Å²) in [5.41, 5.74) is 0.504. The van der Waals surface area contributed by atoms with E-state index in [0.717, 1.165) is 28.6 Å². The first kappa shape index (κ1) is 18.3. The summed E-state index contributed by atoms with van der Waals surface area (Å²) < 4.78 is 5.69. The van der Waals surface area contributed by atoms with E-state index in [1.165, 1.54) is 11.3 Å². The number of carbonyl (C=O) groups is 1. The predicted molar refractivity (Wildman–Crippen MR) is 106 cm³/mol. The average molecular weight is 369 g/mol. The molecule has 1 heterocycles. The first-order chi connectivity index (χ1) is 12.7. The van der Waals surface area contributed by atoms with Crippen molar-refractivity contribution in [2.24, 2.45) is 0 Å². The molecule has 1 amide bonds. The lowest BCUT2D eigenvalue weighted by Gasteiger charge is -2.11. The van der Waals surface area contributed by atoms with E-state index in [9.17, 15) is 4.79 Å². The van der Waals surface area contributed by atoms with Crippen molar-refractivity contribution in [1.29, 1.82) is 0 Å². The number of hydrogen-bond donors (Lipinski definition) is 1. The number of fused-ring (bicyclic) bond motifs is 1. The minimum atomic E-state index is -0.230. The standard InChI is InChI=1S/C20H23N3O2S/c1-4-13(5-2)19-22-23-20(26-19)21-18(24)16-11-14-9-7-8-10-15(14)12-17(16)25-6-3/h7-13H,4-6H2,1-3H3,(H,21,23,24). The fourth-order valence-electron chi connectivity index (χ4n) is 2.92. The second kappa shape index (κ2) is 8.27. The van der Waals surface area contributed by atoms with Crippen molar-refractivity contribution in [3.8, 4) is 5.75 Å². The van der Waals surface area contributed by atoms with Gasteiger partial charge < -0.3 is 4.74 Å². The van der Waals surface area contributed by atoms with Gasteiger partial charge in [0.25, 0.3) is 5.91 Å². The zero-order valence-electron chi connectivity index (χ0n) is 15.3. The summed E-state index contributed by atoms with van der Waals surface area (Å²) in [5, 5.41) is 14.8. The number of hydrogen-bond acceptors (Lipinski definition) is 5. The highest BCUT2D eigenvalue weighted by Crippen LogP contribution is 2.30. The van der Waals surface area contributed by atoms with Crippen molar-refractivity contribution in [2.45, 2.75) is 39.5 Å². The van der Waals surface area contributed by atoms with Crippen molar-refractivity contribution >= 4 is 33.1 Å². The molecule has 3 rings (SSSR count). The van der Waals surface area contributed by atoms with E-state index in [0.29, 0.717) is 29.0 Å². The van der Waals surface area contributed by atoms with Gasteiger partial charge in [0.1, 0.15) is 10.8 Å². The van der Waals surface area contributed by atoms with E-state index in [1.807, 2.05) is 43.3 Å². The first-order valence-electron chi connectivity index (χ1n) is 8.96.